The van der Waals surface area contributed by atoms with Crippen molar-refractivity contribution in [2.24, 2.45) is 0 Å². The number of morpholine rings is 1. The first-order valence-electron chi connectivity index (χ1n) is 9.25. The van der Waals surface area contributed by atoms with Gasteiger partial charge in [-0.25, -0.2) is 0 Å². The Kier molecular flexibility index (Phi) is 5.79. The Morgan fingerprint density at radius 3 is 2.58 bits per heavy atom. The van der Waals surface area contributed by atoms with Gasteiger partial charge in [0.2, 0.25) is 5.91 Å². The number of nitrogens with zero attached hydrogens (tertiary/aromatic N) is 2. The van der Waals surface area contributed by atoms with Crippen LogP contribution in [0.2, 0.25) is 0 Å². The Balaban J connectivity index is 1.54. The van der Waals surface area contributed by atoms with Gasteiger partial charge in [-0.3, -0.25) is 9.69 Å². The summed E-state index contributed by atoms with van der Waals surface area (Å²) < 4.78 is 5.42. The van der Waals surface area contributed by atoms with Gasteiger partial charge >= 0.3 is 0 Å². The van der Waals surface area contributed by atoms with Crippen molar-refractivity contribution in [2.45, 2.75) is 19.4 Å². The number of anilines is 1. The van der Waals surface area contributed by atoms with E-state index in [-0.39, 0.29) is 11.4 Å². The zero-order valence-corrected chi connectivity index (χ0v) is 16.0. The summed E-state index contributed by atoms with van der Waals surface area (Å²) in [5, 5.41) is 5.49. The highest BCUT2D eigenvalue weighted by Gasteiger charge is 2.28. The lowest BCUT2D eigenvalue weighted by atomic mass is 10.0. The molecule has 1 heterocycles. The van der Waals surface area contributed by atoms with E-state index in [0.717, 1.165) is 32.0 Å². The van der Waals surface area contributed by atoms with Gasteiger partial charge < -0.3 is 15.0 Å². The smallest absolute Gasteiger partial charge is 0.239 e. The quantitative estimate of drug-likeness (QED) is 0.865. The molecule has 26 heavy (non-hydrogen) atoms. The Bertz CT molecular complexity index is 754. The molecule has 0 bridgehead atoms. The average molecular weight is 355 g/mol. The van der Waals surface area contributed by atoms with E-state index in [1.165, 1.54) is 10.8 Å². The van der Waals surface area contributed by atoms with E-state index in [4.69, 9.17) is 4.74 Å². The van der Waals surface area contributed by atoms with E-state index in [1.54, 1.807) is 0 Å². The Hall–Kier alpha value is -2.11. The van der Waals surface area contributed by atoms with Crippen LogP contribution in [-0.2, 0) is 9.53 Å². The van der Waals surface area contributed by atoms with Gasteiger partial charge in [0.15, 0.2) is 0 Å². The summed E-state index contributed by atoms with van der Waals surface area (Å²) in [5.41, 5.74) is 0.979. The predicted octanol–water partition coefficient (Wildman–Crippen LogP) is 2.50. The molecule has 5 heteroatoms. The number of amides is 1. The van der Waals surface area contributed by atoms with Gasteiger partial charge in [-0.1, -0.05) is 30.3 Å². The lowest BCUT2D eigenvalue weighted by Crippen LogP contribution is -2.56. The fraction of sp³-hybridized carbons (Fsp3) is 0.476. The molecule has 1 saturated heterocycles. The van der Waals surface area contributed by atoms with Crippen molar-refractivity contribution in [3.8, 4) is 0 Å². The van der Waals surface area contributed by atoms with E-state index in [0.29, 0.717) is 13.1 Å². The number of hydrogen-bond donors (Lipinski definition) is 1. The van der Waals surface area contributed by atoms with Crippen LogP contribution in [0.1, 0.15) is 13.8 Å². The maximum atomic E-state index is 12.4. The summed E-state index contributed by atoms with van der Waals surface area (Å²) in [6.45, 7) is 8.69. The van der Waals surface area contributed by atoms with Crippen molar-refractivity contribution in [1.82, 2.24) is 10.2 Å². The van der Waals surface area contributed by atoms with Gasteiger partial charge in [0.05, 0.1) is 19.8 Å². The number of carbonyl (C=O) groups excluding carboxylic acids is 1. The topological polar surface area (TPSA) is 44.8 Å². The van der Waals surface area contributed by atoms with Crippen molar-refractivity contribution < 1.29 is 9.53 Å². The third-order valence-corrected chi connectivity index (χ3v) is 5.14. The van der Waals surface area contributed by atoms with E-state index in [9.17, 15) is 4.79 Å². The zero-order valence-electron chi connectivity index (χ0n) is 16.0. The maximum absolute atomic E-state index is 12.4. The molecule has 0 saturated carbocycles. The molecule has 1 amide bonds. The molecule has 2 aromatic carbocycles. The lowest BCUT2D eigenvalue weighted by molar-refractivity contribution is -0.120. The van der Waals surface area contributed by atoms with Crippen LogP contribution in [0, 0.1) is 0 Å². The molecule has 3 rings (SSSR count). The molecule has 0 aromatic heterocycles. The van der Waals surface area contributed by atoms with Crippen LogP contribution in [0.5, 0.6) is 0 Å². The second-order valence-electron chi connectivity index (χ2n) is 7.58. The SMILES string of the molecule is CN(CC(=O)NCC(C)(C)N1CCOCC1)c1ccc2ccccc2c1. The highest BCUT2D eigenvalue weighted by Crippen LogP contribution is 2.21. The fourth-order valence-electron chi connectivity index (χ4n) is 3.37. The number of fused-ring (bicyclic) bond motifs is 1. The van der Waals surface area contributed by atoms with Gasteiger partial charge in [-0.05, 0) is 36.8 Å². The number of benzene rings is 2. The minimum atomic E-state index is -0.0685. The summed E-state index contributed by atoms with van der Waals surface area (Å²) in [7, 11) is 1.96. The monoisotopic (exact) mass is 355 g/mol. The summed E-state index contributed by atoms with van der Waals surface area (Å²) in [6, 6.07) is 14.5. The molecule has 1 N–H and O–H groups in total. The standard InChI is InChI=1S/C21H29N3O2/c1-21(2,24-10-12-26-13-11-24)16-22-20(25)15-23(3)19-9-8-17-6-4-5-7-18(17)14-19/h4-9,14H,10-13,15-16H2,1-3H3,(H,22,25). The first-order chi connectivity index (χ1) is 12.5. The predicted molar refractivity (Wildman–Crippen MR) is 107 cm³/mol. The molecule has 1 fully saturated rings. The molecule has 0 atom stereocenters. The summed E-state index contributed by atoms with van der Waals surface area (Å²) in [5.74, 6) is 0.0435. The van der Waals surface area contributed by atoms with E-state index in [1.807, 2.05) is 24.1 Å². The Morgan fingerprint density at radius 1 is 1.15 bits per heavy atom. The molecular formula is C21H29N3O2. The summed E-state index contributed by atoms with van der Waals surface area (Å²) >= 11 is 0. The number of nitrogens with one attached hydrogen (secondary N) is 1. The Morgan fingerprint density at radius 2 is 1.85 bits per heavy atom. The average Bonchev–Trinajstić information content (AvgIpc) is 2.67. The van der Waals surface area contributed by atoms with Crippen LogP contribution in [-0.4, -0.2) is 62.8 Å². The van der Waals surface area contributed by atoms with Crippen LogP contribution in [0.3, 0.4) is 0 Å². The number of rotatable bonds is 6. The summed E-state index contributed by atoms with van der Waals surface area (Å²) in [6.07, 6.45) is 0. The Labute approximate surface area is 155 Å². The molecule has 140 valence electrons. The van der Waals surface area contributed by atoms with E-state index >= 15 is 0 Å². The molecule has 2 aromatic rings. The molecule has 5 nitrogen and oxygen atoms in total. The molecule has 0 radical (unpaired) electrons. The minimum absolute atomic E-state index is 0.0435. The van der Waals surface area contributed by atoms with Gasteiger partial charge in [0, 0.05) is 37.9 Å². The number of ether oxygens (including phenoxy) is 1. The summed E-state index contributed by atoms with van der Waals surface area (Å²) in [4.78, 5) is 16.8. The van der Waals surface area contributed by atoms with Crippen molar-refractivity contribution in [2.75, 3.05) is 51.3 Å². The van der Waals surface area contributed by atoms with Crippen molar-refractivity contribution in [3.63, 3.8) is 0 Å². The minimum Gasteiger partial charge on any atom is -0.379 e. The fourth-order valence-corrected chi connectivity index (χ4v) is 3.37. The number of hydrogen-bond acceptors (Lipinski definition) is 4. The zero-order chi connectivity index (χ0) is 18.6. The number of likely N-dealkylation sites (N-methyl/N-ethyl adjacent to an activating group) is 1. The van der Waals surface area contributed by atoms with Crippen LogP contribution in [0.25, 0.3) is 10.8 Å². The lowest BCUT2D eigenvalue weighted by Gasteiger charge is -2.41. The molecule has 0 unspecified atom stereocenters. The van der Waals surface area contributed by atoms with Gasteiger partial charge in [0.25, 0.3) is 0 Å². The maximum Gasteiger partial charge on any atom is 0.239 e. The van der Waals surface area contributed by atoms with Crippen molar-refractivity contribution in [3.05, 3.63) is 42.5 Å². The van der Waals surface area contributed by atoms with Crippen LogP contribution in [0.4, 0.5) is 5.69 Å². The van der Waals surface area contributed by atoms with Gasteiger partial charge in [-0.15, -0.1) is 0 Å². The second-order valence-corrected chi connectivity index (χ2v) is 7.58. The van der Waals surface area contributed by atoms with Crippen molar-refractivity contribution in [1.29, 1.82) is 0 Å². The normalized spacial score (nSPS) is 15.8. The van der Waals surface area contributed by atoms with E-state index in [2.05, 4.69) is 54.4 Å². The second kappa shape index (κ2) is 8.06. The molecule has 0 spiro atoms. The molecule has 1 aliphatic heterocycles. The highest BCUT2D eigenvalue weighted by atomic mass is 16.5. The third kappa shape index (κ3) is 4.54. The van der Waals surface area contributed by atoms with Gasteiger partial charge in [0.1, 0.15) is 0 Å². The largest absolute Gasteiger partial charge is 0.379 e. The van der Waals surface area contributed by atoms with E-state index < -0.39 is 0 Å². The first kappa shape index (κ1) is 18.7. The molecule has 1 aliphatic rings. The van der Waals surface area contributed by atoms with Crippen LogP contribution >= 0.6 is 0 Å². The van der Waals surface area contributed by atoms with Crippen LogP contribution < -0.4 is 10.2 Å². The highest BCUT2D eigenvalue weighted by molar-refractivity contribution is 5.87. The first-order valence-corrected chi connectivity index (χ1v) is 9.25. The third-order valence-electron chi connectivity index (χ3n) is 5.14. The number of carbonyl (C=O) groups is 1. The van der Waals surface area contributed by atoms with Crippen LogP contribution in [0.15, 0.2) is 42.5 Å². The van der Waals surface area contributed by atoms with Gasteiger partial charge in [-0.2, -0.15) is 0 Å². The molecular weight excluding hydrogens is 326 g/mol. The van der Waals surface area contributed by atoms with Crippen molar-refractivity contribution >= 4 is 22.4 Å². The molecule has 0 aliphatic carbocycles.